The van der Waals surface area contributed by atoms with Crippen molar-refractivity contribution in [1.82, 2.24) is 5.32 Å². The normalized spacial score (nSPS) is 11.5. The first-order valence-corrected chi connectivity index (χ1v) is 6.40. The molecule has 0 saturated heterocycles. The number of hydrogen-bond donors (Lipinski definition) is 2. The second-order valence-corrected chi connectivity index (χ2v) is 5.45. The number of nitrogens with one attached hydrogen (secondary N) is 1. The van der Waals surface area contributed by atoms with Crippen molar-refractivity contribution < 1.29 is 9.90 Å². The molecule has 2 aromatic carbocycles. The highest BCUT2D eigenvalue weighted by Crippen LogP contribution is 2.16. The maximum atomic E-state index is 11.9. The fourth-order valence-electron chi connectivity index (χ4n) is 2.00. The van der Waals surface area contributed by atoms with E-state index in [1.807, 2.05) is 42.5 Å². The first kappa shape index (κ1) is 13.6. The maximum Gasteiger partial charge on any atom is 0.224 e. The van der Waals surface area contributed by atoms with Crippen molar-refractivity contribution in [1.29, 1.82) is 0 Å². The van der Waals surface area contributed by atoms with Crippen LogP contribution < -0.4 is 5.32 Å². The first-order valence-electron chi connectivity index (χ1n) is 6.40. The zero-order chi connectivity index (χ0) is 13.9. The summed E-state index contributed by atoms with van der Waals surface area (Å²) in [7, 11) is 0. The monoisotopic (exact) mass is 257 g/mol. The molecular formula is C16H19NO2. The van der Waals surface area contributed by atoms with E-state index < -0.39 is 5.54 Å². The number of benzene rings is 2. The summed E-state index contributed by atoms with van der Waals surface area (Å²) < 4.78 is 0. The Labute approximate surface area is 113 Å². The Kier molecular flexibility index (Phi) is 3.86. The largest absolute Gasteiger partial charge is 0.394 e. The number of carbonyl (C=O) groups is 1. The van der Waals surface area contributed by atoms with Crippen LogP contribution in [0.1, 0.15) is 19.4 Å². The molecular weight excluding hydrogens is 238 g/mol. The number of amides is 1. The van der Waals surface area contributed by atoms with E-state index >= 15 is 0 Å². The van der Waals surface area contributed by atoms with Crippen molar-refractivity contribution in [3.05, 3.63) is 48.0 Å². The van der Waals surface area contributed by atoms with Gasteiger partial charge in [-0.25, -0.2) is 0 Å². The molecule has 0 aliphatic heterocycles. The standard InChI is InChI=1S/C16H19NO2/c1-16(2,11-18)17-15(19)10-12-7-8-13-5-3-4-6-14(13)9-12/h3-9,18H,10-11H2,1-2H3,(H,17,19). The highest BCUT2D eigenvalue weighted by atomic mass is 16.3. The summed E-state index contributed by atoms with van der Waals surface area (Å²) in [5.41, 5.74) is 0.401. The van der Waals surface area contributed by atoms with Crippen molar-refractivity contribution in [3.8, 4) is 0 Å². The zero-order valence-corrected chi connectivity index (χ0v) is 11.3. The molecule has 0 unspecified atom stereocenters. The number of rotatable bonds is 4. The van der Waals surface area contributed by atoms with Gasteiger partial charge in [0, 0.05) is 0 Å². The minimum Gasteiger partial charge on any atom is -0.394 e. The molecule has 3 nitrogen and oxygen atoms in total. The second kappa shape index (κ2) is 5.41. The van der Waals surface area contributed by atoms with E-state index in [4.69, 9.17) is 5.11 Å². The van der Waals surface area contributed by atoms with Crippen LogP contribution in [0, 0.1) is 0 Å². The summed E-state index contributed by atoms with van der Waals surface area (Å²) >= 11 is 0. The first-order chi connectivity index (χ1) is 9.00. The molecule has 0 radical (unpaired) electrons. The molecule has 100 valence electrons. The Balaban J connectivity index is 2.11. The smallest absolute Gasteiger partial charge is 0.224 e. The topological polar surface area (TPSA) is 49.3 Å². The molecule has 0 fully saturated rings. The van der Waals surface area contributed by atoms with Crippen LogP contribution in [-0.4, -0.2) is 23.2 Å². The van der Waals surface area contributed by atoms with Gasteiger partial charge >= 0.3 is 0 Å². The van der Waals surface area contributed by atoms with E-state index in [0.717, 1.165) is 10.9 Å². The molecule has 0 spiro atoms. The molecule has 0 aromatic heterocycles. The van der Waals surface area contributed by atoms with Crippen LogP contribution >= 0.6 is 0 Å². The van der Waals surface area contributed by atoms with Crippen LogP contribution in [0.2, 0.25) is 0 Å². The SMILES string of the molecule is CC(C)(CO)NC(=O)Cc1ccc2ccccc2c1. The van der Waals surface area contributed by atoms with Gasteiger partial charge in [-0.2, -0.15) is 0 Å². The Bertz CT molecular complexity index is 590. The van der Waals surface area contributed by atoms with Crippen molar-refractivity contribution in [2.24, 2.45) is 0 Å². The molecule has 3 heteroatoms. The lowest BCUT2D eigenvalue weighted by Gasteiger charge is -2.23. The van der Waals surface area contributed by atoms with E-state index in [-0.39, 0.29) is 12.5 Å². The van der Waals surface area contributed by atoms with Gasteiger partial charge in [-0.05, 0) is 30.2 Å². The van der Waals surface area contributed by atoms with E-state index in [2.05, 4.69) is 5.32 Å². The van der Waals surface area contributed by atoms with Crippen LogP contribution in [0.4, 0.5) is 0 Å². The fourth-order valence-corrected chi connectivity index (χ4v) is 2.00. The Morgan fingerprint density at radius 2 is 1.84 bits per heavy atom. The average Bonchev–Trinajstić information content (AvgIpc) is 2.38. The van der Waals surface area contributed by atoms with Gasteiger partial charge in [0.25, 0.3) is 0 Å². The van der Waals surface area contributed by atoms with Crippen LogP contribution in [-0.2, 0) is 11.2 Å². The molecule has 2 rings (SSSR count). The summed E-state index contributed by atoms with van der Waals surface area (Å²) in [5, 5.41) is 14.3. The van der Waals surface area contributed by atoms with Crippen LogP contribution in [0.5, 0.6) is 0 Å². The van der Waals surface area contributed by atoms with Crippen molar-refractivity contribution in [2.75, 3.05) is 6.61 Å². The number of carbonyl (C=O) groups excluding carboxylic acids is 1. The van der Waals surface area contributed by atoms with Crippen molar-refractivity contribution >= 4 is 16.7 Å². The molecule has 2 N–H and O–H groups in total. The van der Waals surface area contributed by atoms with Gasteiger partial charge in [0.05, 0.1) is 18.6 Å². The Hall–Kier alpha value is -1.87. The molecule has 0 heterocycles. The number of aliphatic hydroxyl groups is 1. The average molecular weight is 257 g/mol. The van der Waals surface area contributed by atoms with E-state index in [1.54, 1.807) is 13.8 Å². The van der Waals surface area contributed by atoms with Gasteiger partial charge < -0.3 is 10.4 Å². The quantitative estimate of drug-likeness (QED) is 0.882. The highest BCUT2D eigenvalue weighted by molar-refractivity contribution is 5.85. The van der Waals surface area contributed by atoms with Crippen LogP contribution in [0.25, 0.3) is 10.8 Å². The summed E-state index contributed by atoms with van der Waals surface area (Å²) in [6, 6.07) is 14.1. The zero-order valence-electron chi connectivity index (χ0n) is 11.3. The lowest BCUT2D eigenvalue weighted by Crippen LogP contribution is -2.46. The lowest BCUT2D eigenvalue weighted by atomic mass is 10.0. The van der Waals surface area contributed by atoms with Gasteiger partial charge in [0.2, 0.25) is 5.91 Å². The van der Waals surface area contributed by atoms with E-state index in [0.29, 0.717) is 6.42 Å². The Morgan fingerprint density at radius 1 is 1.16 bits per heavy atom. The second-order valence-electron chi connectivity index (χ2n) is 5.45. The van der Waals surface area contributed by atoms with Gasteiger partial charge in [-0.15, -0.1) is 0 Å². The number of aliphatic hydroxyl groups excluding tert-OH is 1. The summed E-state index contributed by atoms with van der Waals surface area (Å²) in [4.78, 5) is 11.9. The third kappa shape index (κ3) is 3.55. The molecule has 0 bridgehead atoms. The summed E-state index contributed by atoms with van der Waals surface area (Å²) in [6.07, 6.45) is 0.328. The van der Waals surface area contributed by atoms with Crippen molar-refractivity contribution in [2.45, 2.75) is 25.8 Å². The van der Waals surface area contributed by atoms with E-state index in [1.165, 1.54) is 5.39 Å². The van der Waals surface area contributed by atoms with Crippen molar-refractivity contribution in [3.63, 3.8) is 0 Å². The predicted octanol–water partition coefficient (Wildman–Crippen LogP) is 2.27. The summed E-state index contributed by atoms with van der Waals surface area (Å²) in [6.45, 7) is 3.52. The minimum absolute atomic E-state index is 0.0730. The van der Waals surface area contributed by atoms with Gasteiger partial charge in [0.1, 0.15) is 0 Å². The van der Waals surface area contributed by atoms with Gasteiger partial charge in [-0.1, -0.05) is 42.5 Å². The fraction of sp³-hybridized carbons (Fsp3) is 0.312. The third-order valence-electron chi connectivity index (χ3n) is 3.05. The molecule has 0 aliphatic carbocycles. The predicted molar refractivity (Wildman–Crippen MR) is 77.0 cm³/mol. The third-order valence-corrected chi connectivity index (χ3v) is 3.05. The van der Waals surface area contributed by atoms with Crippen LogP contribution in [0.3, 0.4) is 0 Å². The minimum atomic E-state index is -0.575. The highest BCUT2D eigenvalue weighted by Gasteiger charge is 2.18. The molecule has 0 atom stereocenters. The molecule has 0 saturated carbocycles. The molecule has 2 aromatic rings. The lowest BCUT2D eigenvalue weighted by molar-refractivity contribution is -0.122. The molecule has 19 heavy (non-hydrogen) atoms. The molecule has 1 amide bonds. The molecule has 0 aliphatic rings. The number of fused-ring (bicyclic) bond motifs is 1. The van der Waals surface area contributed by atoms with Gasteiger partial charge in [0.15, 0.2) is 0 Å². The maximum absolute atomic E-state index is 11.9. The van der Waals surface area contributed by atoms with Crippen LogP contribution in [0.15, 0.2) is 42.5 Å². The number of hydrogen-bond acceptors (Lipinski definition) is 2. The van der Waals surface area contributed by atoms with E-state index in [9.17, 15) is 4.79 Å². The summed E-state index contributed by atoms with van der Waals surface area (Å²) in [5.74, 6) is -0.0747. The van der Waals surface area contributed by atoms with Gasteiger partial charge in [-0.3, -0.25) is 4.79 Å². The Morgan fingerprint density at radius 3 is 2.53 bits per heavy atom.